The van der Waals surface area contributed by atoms with Gasteiger partial charge in [-0.2, -0.15) is 0 Å². The number of hydrogen-bond acceptors (Lipinski definition) is 2. The summed E-state index contributed by atoms with van der Waals surface area (Å²) < 4.78 is 1.37. The van der Waals surface area contributed by atoms with E-state index in [1.54, 1.807) is 0 Å². The first-order valence-corrected chi connectivity index (χ1v) is 6.18. The lowest BCUT2D eigenvalue weighted by molar-refractivity contribution is 1.08. The van der Waals surface area contributed by atoms with Crippen LogP contribution in [0.1, 0.15) is 5.69 Å². The molecule has 5 heteroatoms. The number of aromatic nitrogens is 2. The first-order valence-electron chi connectivity index (χ1n) is 4.60. The minimum Gasteiger partial charge on any atom is -0.342 e. The molecule has 0 amide bonds. The van der Waals surface area contributed by atoms with Gasteiger partial charge in [0, 0.05) is 16.3 Å². The van der Waals surface area contributed by atoms with Gasteiger partial charge in [0.05, 0.1) is 4.47 Å². The first kappa shape index (κ1) is 11.8. The number of rotatable bonds is 1. The summed E-state index contributed by atoms with van der Waals surface area (Å²) in [7, 11) is 0. The molecule has 16 heavy (non-hydrogen) atoms. The molecule has 1 aromatic heterocycles. The predicted molar refractivity (Wildman–Crippen MR) is 72.3 cm³/mol. The Morgan fingerprint density at radius 3 is 2.81 bits per heavy atom. The smallest absolute Gasteiger partial charge is 0.144 e. The molecule has 1 aromatic carbocycles. The van der Waals surface area contributed by atoms with Crippen LogP contribution >= 0.6 is 39.7 Å². The molecule has 2 nitrogen and oxygen atoms in total. The van der Waals surface area contributed by atoms with Gasteiger partial charge < -0.3 is 4.98 Å². The molecule has 0 unspecified atom stereocenters. The van der Waals surface area contributed by atoms with Crippen LogP contribution in [0.25, 0.3) is 11.4 Å². The lowest BCUT2D eigenvalue weighted by Crippen LogP contribution is -1.94. The van der Waals surface area contributed by atoms with Crippen molar-refractivity contribution in [3.8, 4) is 11.4 Å². The molecule has 0 saturated heterocycles. The Hall–Kier alpha value is -0.710. The number of halogens is 2. The van der Waals surface area contributed by atoms with E-state index >= 15 is 0 Å². The molecule has 0 atom stereocenters. The fraction of sp³-hybridized carbons (Fsp3) is 0.0909. The van der Waals surface area contributed by atoms with E-state index in [1.165, 1.54) is 0 Å². The van der Waals surface area contributed by atoms with Gasteiger partial charge >= 0.3 is 0 Å². The summed E-state index contributed by atoms with van der Waals surface area (Å²) in [5, 5.41) is 0.680. The van der Waals surface area contributed by atoms with Crippen LogP contribution in [0.3, 0.4) is 0 Å². The van der Waals surface area contributed by atoms with Gasteiger partial charge in [-0.3, -0.25) is 0 Å². The van der Waals surface area contributed by atoms with E-state index in [4.69, 9.17) is 23.8 Å². The Kier molecular flexibility index (Phi) is 3.42. The molecule has 0 spiro atoms. The molecule has 0 saturated carbocycles. The molecule has 0 aliphatic carbocycles. The summed E-state index contributed by atoms with van der Waals surface area (Å²) in [6.45, 7) is 1.94. The maximum Gasteiger partial charge on any atom is 0.144 e. The van der Waals surface area contributed by atoms with Crippen LogP contribution < -0.4 is 0 Å². The van der Waals surface area contributed by atoms with Gasteiger partial charge in [-0.25, -0.2) is 4.98 Å². The van der Waals surface area contributed by atoms with E-state index in [0.29, 0.717) is 9.66 Å². The second-order valence-corrected chi connectivity index (χ2v) is 4.96. The van der Waals surface area contributed by atoms with Crippen LogP contribution in [0.4, 0.5) is 0 Å². The zero-order valence-electron chi connectivity index (χ0n) is 8.42. The highest BCUT2D eigenvalue weighted by molar-refractivity contribution is 9.10. The van der Waals surface area contributed by atoms with Gasteiger partial charge in [0.15, 0.2) is 0 Å². The number of nitrogens with zero attached hydrogens (tertiary/aromatic N) is 1. The summed E-state index contributed by atoms with van der Waals surface area (Å²) >= 11 is 14.5. The van der Waals surface area contributed by atoms with Gasteiger partial charge in [-0.15, -0.1) is 0 Å². The van der Waals surface area contributed by atoms with Crippen molar-refractivity contribution >= 4 is 39.7 Å². The topological polar surface area (TPSA) is 28.7 Å². The maximum atomic E-state index is 5.93. The third kappa shape index (κ3) is 2.34. The quantitative estimate of drug-likeness (QED) is 0.783. The highest BCUT2D eigenvalue weighted by Gasteiger charge is 2.04. The number of aryl methyl sites for hydroxylation is 1. The van der Waals surface area contributed by atoms with E-state index in [0.717, 1.165) is 21.6 Å². The molecule has 0 bridgehead atoms. The molecule has 0 aliphatic rings. The number of hydrogen-bond donors (Lipinski definition) is 1. The lowest BCUT2D eigenvalue weighted by Gasteiger charge is -2.05. The molecule has 1 N–H and O–H groups in total. The Balaban J connectivity index is 2.61. The summed E-state index contributed by atoms with van der Waals surface area (Å²) in [6.07, 6.45) is 0. The van der Waals surface area contributed by atoms with Crippen LogP contribution in [0.15, 0.2) is 28.7 Å². The van der Waals surface area contributed by atoms with Gasteiger partial charge in [0.2, 0.25) is 0 Å². The first-order chi connectivity index (χ1) is 7.58. The summed E-state index contributed by atoms with van der Waals surface area (Å²) in [4.78, 5) is 7.48. The normalized spacial score (nSPS) is 10.4. The largest absolute Gasteiger partial charge is 0.342 e. The molecule has 0 aliphatic heterocycles. The highest BCUT2D eigenvalue weighted by Crippen LogP contribution is 2.22. The molecular weight excluding hydrogens is 308 g/mol. The molecular formula is C11H8BrClN2S. The summed E-state index contributed by atoms with van der Waals surface area (Å²) in [5.41, 5.74) is 1.88. The standard InChI is InChI=1S/C11H8BrClN2S/c1-6-9(12)11(16)15-10(14-6)7-3-2-4-8(13)5-7/h2-5H,1H3,(H,14,15,16). The van der Waals surface area contributed by atoms with Crippen molar-refractivity contribution in [3.05, 3.63) is 44.1 Å². The van der Waals surface area contributed by atoms with Crippen LogP contribution in [-0.4, -0.2) is 9.97 Å². The van der Waals surface area contributed by atoms with Gasteiger partial charge in [-0.05, 0) is 35.0 Å². The van der Waals surface area contributed by atoms with Gasteiger partial charge in [0.25, 0.3) is 0 Å². The third-order valence-electron chi connectivity index (χ3n) is 2.13. The average molecular weight is 316 g/mol. The third-order valence-corrected chi connectivity index (χ3v) is 3.90. The monoisotopic (exact) mass is 314 g/mol. The van der Waals surface area contributed by atoms with Crippen LogP contribution in [-0.2, 0) is 0 Å². The number of nitrogens with one attached hydrogen (secondary N) is 1. The second kappa shape index (κ2) is 4.65. The lowest BCUT2D eigenvalue weighted by atomic mass is 10.2. The molecule has 0 radical (unpaired) electrons. The molecule has 2 aromatic rings. The van der Waals surface area contributed by atoms with Crippen molar-refractivity contribution in [3.63, 3.8) is 0 Å². The van der Waals surface area contributed by atoms with Crippen molar-refractivity contribution in [1.82, 2.24) is 9.97 Å². The fourth-order valence-electron chi connectivity index (χ4n) is 1.34. The number of H-pyrrole nitrogens is 1. The van der Waals surface area contributed by atoms with E-state index in [2.05, 4.69) is 25.9 Å². The Labute approximate surface area is 112 Å². The Bertz CT molecular complexity index is 595. The van der Waals surface area contributed by atoms with Crippen molar-refractivity contribution in [2.75, 3.05) is 0 Å². The average Bonchev–Trinajstić information content (AvgIpc) is 2.25. The Morgan fingerprint density at radius 1 is 1.44 bits per heavy atom. The number of benzene rings is 1. The van der Waals surface area contributed by atoms with Crippen molar-refractivity contribution in [2.45, 2.75) is 6.92 Å². The van der Waals surface area contributed by atoms with Crippen LogP contribution in [0, 0.1) is 11.6 Å². The van der Waals surface area contributed by atoms with E-state index in [9.17, 15) is 0 Å². The zero-order chi connectivity index (χ0) is 11.7. The molecule has 0 fully saturated rings. The maximum absolute atomic E-state index is 5.93. The van der Waals surface area contributed by atoms with Crippen LogP contribution in [0.2, 0.25) is 5.02 Å². The minimum atomic E-state index is 0.547. The summed E-state index contributed by atoms with van der Waals surface area (Å²) in [6, 6.07) is 7.49. The minimum absolute atomic E-state index is 0.547. The van der Waals surface area contributed by atoms with Gasteiger partial charge in [-0.1, -0.05) is 36.0 Å². The van der Waals surface area contributed by atoms with Crippen molar-refractivity contribution < 1.29 is 0 Å². The Morgan fingerprint density at radius 2 is 2.19 bits per heavy atom. The van der Waals surface area contributed by atoms with Crippen LogP contribution in [0.5, 0.6) is 0 Å². The summed E-state index contributed by atoms with van der Waals surface area (Å²) in [5.74, 6) is 0.730. The molecule has 1 heterocycles. The van der Waals surface area contributed by atoms with E-state index in [-0.39, 0.29) is 0 Å². The fourth-order valence-corrected chi connectivity index (χ4v) is 1.97. The van der Waals surface area contributed by atoms with Gasteiger partial charge in [0.1, 0.15) is 10.5 Å². The van der Waals surface area contributed by atoms with E-state index < -0.39 is 0 Å². The zero-order valence-corrected chi connectivity index (χ0v) is 11.6. The molecule has 2 rings (SSSR count). The second-order valence-electron chi connectivity index (χ2n) is 3.34. The predicted octanol–water partition coefficient (Wildman–Crippen LogP) is 4.53. The SMILES string of the molecule is Cc1[nH]c(-c2cccc(Cl)c2)nc(=S)c1Br. The van der Waals surface area contributed by atoms with Crippen molar-refractivity contribution in [1.29, 1.82) is 0 Å². The van der Waals surface area contributed by atoms with Crippen molar-refractivity contribution in [2.24, 2.45) is 0 Å². The van der Waals surface area contributed by atoms with E-state index in [1.807, 2.05) is 31.2 Å². The highest BCUT2D eigenvalue weighted by atomic mass is 79.9. The molecule has 82 valence electrons. The number of aromatic amines is 1.